The van der Waals surface area contributed by atoms with Gasteiger partial charge < -0.3 is 10.6 Å². The lowest BCUT2D eigenvalue weighted by atomic mass is 9.85. The summed E-state index contributed by atoms with van der Waals surface area (Å²) in [5.41, 5.74) is 1.04. The van der Waals surface area contributed by atoms with Crippen molar-refractivity contribution in [2.45, 2.75) is 51.1 Å². The minimum absolute atomic E-state index is 0.162. The van der Waals surface area contributed by atoms with Gasteiger partial charge >= 0.3 is 0 Å². The molecule has 24 heavy (non-hydrogen) atoms. The van der Waals surface area contributed by atoms with Crippen molar-refractivity contribution in [3.8, 4) is 0 Å². The monoisotopic (exact) mass is 330 g/mol. The topological polar surface area (TPSA) is 57.3 Å². The van der Waals surface area contributed by atoms with Crippen LogP contribution in [0, 0.1) is 5.92 Å². The minimum atomic E-state index is 0.162. The lowest BCUT2D eigenvalue weighted by Gasteiger charge is -2.31. The van der Waals surface area contributed by atoms with Crippen molar-refractivity contribution in [3.05, 3.63) is 30.1 Å². The van der Waals surface area contributed by atoms with Crippen LogP contribution in [0.3, 0.4) is 0 Å². The molecule has 1 saturated heterocycles. The zero-order valence-electron chi connectivity index (χ0n) is 14.5. The molecule has 5 nitrogen and oxygen atoms in total. The van der Waals surface area contributed by atoms with E-state index in [0.717, 1.165) is 44.7 Å². The van der Waals surface area contributed by atoms with E-state index < -0.39 is 0 Å². The van der Waals surface area contributed by atoms with Crippen LogP contribution in [-0.2, 0) is 11.3 Å². The summed E-state index contributed by atoms with van der Waals surface area (Å²) in [5.74, 6) is 0.871. The van der Waals surface area contributed by atoms with E-state index in [1.165, 1.54) is 25.7 Å². The second kappa shape index (κ2) is 9.14. The summed E-state index contributed by atoms with van der Waals surface area (Å²) < 4.78 is 0. The summed E-state index contributed by atoms with van der Waals surface area (Å²) in [4.78, 5) is 19.2. The van der Waals surface area contributed by atoms with Gasteiger partial charge in [0, 0.05) is 25.3 Å². The van der Waals surface area contributed by atoms with Gasteiger partial charge in [0.25, 0.3) is 0 Å². The highest BCUT2D eigenvalue weighted by Crippen LogP contribution is 2.25. The number of nitrogens with zero attached hydrogens (tertiary/aromatic N) is 2. The average molecular weight is 330 g/mol. The molecular formula is C19H30N4O. The number of carbonyl (C=O) groups excluding carboxylic acids is 1. The van der Waals surface area contributed by atoms with E-state index in [1.54, 1.807) is 0 Å². The predicted octanol–water partition coefficient (Wildman–Crippen LogP) is 1.94. The number of carbonyl (C=O) groups is 1. The first kappa shape index (κ1) is 17.4. The molecule has 1 unspecified atom stereocenters. The molecular weight excluding hydrogens is 300 g/mol. The predicted molar refractivity (Wildman–Crippen MR) is 95.5 cm³/mol. The first-order valence-corrected chi connectivity index (χ1v) is 9.42. The van der Waals surface area contributed by atoms with Gasteiger partial charge in [-0.1, -0.05) is 12.5 Å². The fourth-order valence-electron chi connectivity index (χ4n) is 3.58. The number of aromatic nitrogens is 1. The molecule has 132 valence electrons. The number of hydrogen-bond donors (Lipinski definition) is 2. The zero-order valence-corrected chi connectivity index (χ0v) is 14.5. The van der Waals surface area contributed by atoms with Crippen molar-refractivity contribution in [1.82, 2.24) is 20.5 Å². The average Bonchev–Trinajstić information content (AvgIpc) is 2.83. The Morgan fingerprint density at radius 2 is 2.12 bits per heavy atom. The van der Waals surface area contributed by atoms with Crippen molar-refractivity contribution in [3.63, 3.8) is 0 Å². The van der Waals surface area contributed by atoms with E-state index in [9.17, 15) is 4.79 Å². The molecule has 1 aromatic heterocycles. The second-order valence-electron chi connectivity index (χ2n) is 7.16. The van der Waals surface area contributed by atoms with Gasteiger partial charge in [0.2, 0.25) is 5.91 Å². The summed E-state index contributed by atoms with van der Waals surface area (Å²) in [6.07, 6.45) is 9.12. The van der Waals surface area contributed by atoms with E-state index in [0.29, 0.717) is 18.5 Å². The van der Waals surface area contributed by atoms with Crippen LogP contribution < -0.4 is 10.6 Å². The Labute approximate surface area is 145 Å². The van der Waals surface area contributed by atoms with Crippen LogP contribution in [0.2, 0.25) is 0 Å². The highest BCUT2D eigenvalue weighted by molar-refractivity contribution is 5.78. The third kappa shape index (κ3) is 5.28. The van der Waals surface area contributed by atoms with Crippen LogP contribution in [0.4, 0.5) is 0 Å². The normalized spacial score (nSPS) is 22.0. The summed E-state index contributed by atoms with van der Waals surface area (Å²) in [6, 6.07) is 6.46. The van der Waals surface area contributed by atoms with Crippen LogP contribution in [-0.4, -0.2) is 48.0 Å². The zero-order chi connectivity index (χ0) is 16.6. The molecule has 5 heteroatoms. The molecule has 1 atom stereocenters. The van der Waals surface area contributed by atoms with Gasteiger partial charge in [-0.15, -0.1) is 0 Å². The Morgan fingerprint density at radius 3 is 2.88 bits per heavy atom. The fraction of sp³-hybridized carbons (Fsp3) is 0.684. The van der Waals surface area contributed by atoms with E-state index in [1.807, 2.05) is 24.4 Å². The van der Waals surface area contributed by atoms with Crippen LogP contribution in [0.1, 0.15) is 44.2 Å². The second-order valence-corrected chi connectivity index (χ2v) is 7.16. The van der Waals surface area contributed by atoms with Crippen molar-refractivity contribution in [1.29, 1.82) is 0 Å². The molecule has 3 rings (SSSR count). The van der Waals surface area contributed by atoms with Crippen LogP contribution >= 0.6 is 0 Å². The molecule has 0 aromatic carbocycles. The molecule has 1 aromatic rings. The molecule has 1 amide bonds. The molecule has 0 spiro atoms. The maximum atomic E-state index is 12.4. The lowest BCUT2D eigenvalue weighted by molar-refractivity contribution is -0.123. The SMILES string of the molecule is O=C(CN(Cc1ccccn1)C1CCCNCC1)NCC1CCC1. The van der Waals surface area contributed by atoms with Gasteiger partial charge in [0.15, 0.2) is 0 Å². The first-order valence-electron chi connectivity index (χ1n) is 9.42. The number of hydrogen-bond acceptors (Lipinski definition) is 4. The highest BCUT2D eigenvalue weighted by atomic mass is 16.2. The van der Waals surface area contributed by atoms with E-state index in [-0.39, 0.29) is 5.91 Å². The van der Waals surface area contributed by atoms with Crippen molar-refractivity contribution in [2.75, 3.05) is 26.2 Å². The number of amides is 1. The third-order valence-electron chi connectivity index (χ3n) is 5.31. The van der Waals surface area contributed by atoms with Crippen LogP contribution in [0.5, 0.6) is 0 Å². The molecule has 1 aliphatic carbocycles. The molecule has 2 fully saturated rings. The molecule has 1 aliphatic heterocycles. The Hall–Kier alpha value is -1.46. The summed E-state index contributed by atoms with van der Waals surface area (Å²) in [7, 11) is 0. The molecule has 1 saturated carbocycles. The largest absolute Gasteiger partial charge is 0.355 e. The molecule has 2 N–H and O–H groups in total. The quantitative estimate of drug-likeness (QED) is 0.802. The van der Waals surface area contributed by atoms with Gasteiger partial charge in [-0.2, -0.15) is 0 Å². The molecule has 0 radical (unpaired) electrons. The lowest BCUT2D eigenvalue weighted by Crippen LogP contribution is -2.44. The van der Waals surface area contributed by atoms with E-state index in [2.05, 4.69) is 20.5 Å². The van der Waals surface area contributed by atoms with Crippen molar-refractivity contribution >= 4 is 5.91 Å². The smallest absolute Gasteiger partial charge is 0.234 e. The third-order valence-corrected chi connectivity index (χ3v) is 5.31. The fourth-order valence-corrected chi connectivity index (χ4v) is 3.58. The van der Waals surface area contributed by atoms with Gasteiger partial charge in [0.05, 0.1) is 12.2 Å². The molecule has 2 aliphatic rings. The highest BCUT2D eigenvalue weighted by Gasteiger charge is 2.24. The minimum Gasteiger partial charge on any atom is -0.355 e. The Morgan fingerprint density at radius 1 is 1.21 bits per heavy atom. The van der Waals surface area contributed by atoms with Gasteiger partial charge in [-0.25, -0.2) is 0 Å². The van der Waals surface area contributed by atoms with Gasteiger partial charge in [0.1, 0.15) is 0 Å². The standard InChI is InChI=1S/C19H30N4O/c24-19(22-13-16-5-3-6-16)15-23(14-17-7-1-2-11-21-17)18-8-4-10-20-12-9-18/h1-2,7,11,16,18,20H,3-6,8-10,12-15H2,(H,22,24). The van der Waals surface area contributed by atoms with Crippen molar-refractivity contribution in [2.24, 2.45) is 5.92 Å². The van der Waals surface area contributed by atoms with Crippen molar-refractivity contribution < 1.29 is 4.79 Å². The number of pyridine rings is 1. The molecule has 0 bridgehead atoms. The van der Waals surface area contributed by atoms with E-state index in [4.69, 9.17) is 0 Å². The van der Waals surface area contributed by atoms with Crippen LogP contribution in [0.15, 0.2) is 24.4 Å². The molecule has 2 heterocycles. The number of rotatable bonds is 7. The first-order chi connectivity index (χ1) is 11.8. The Kier molecular flexibility index (Phi) is 6.61. The maximum absolute atomic E-state index is 12.4. The Bertz CT molecular complexity index is 495. The maximum Gasteiger partial charge on any atom is 0.234 e. The van der Waals surface area contributed by atoms with Gasteiger partial charge in [-0.05, 0) is 63.2 Å². The van der Waals surface area contributed by atoms with E-state index >= 15 is 0 Å². The van der Waals surface area contributed by atoms with Crippen LogP contribution in [0.25, 0.3) is 0 Å². The summed E-state index contributed by atoms with van der Waals surface area (Å²) in [5, 5.41) is 6.60. The summed E-state index contributed by atoms with van der Waals surface area (Å²) >= 11 is 0. The summed E-state index contributed by atoms with van der Waals surface area (Å²) in [6.45, 7) is 4.20. The number of nitrogens with one attached hydrogen (secondary N) is 2. The van der Waals surface area contributed by atoms with Gasteiger partial charge in [-0.3, -0.25) is 14.7 Å². The Balaban J connectivity index is 1.58.